The maximum Gasteiger partial charge on any atom is 0.255 e. The smallest absolute Gasteiger partial charge is 0.255 e. The largest absolute Gasteiger partial charge is 0.495 e. The first kappa shape index (κ1) is 25.2. The van der Waals surface area contributed by atoms with Gasteiger partial charge in [0, 0.05) is 55.7 Å². The van der Waals surface area contributed by atoms with Gasteiger partial charge in [-0.2, -0.15) is 0 Å². The first-order valence-electron chi connectivity index (χ1n) is 12.0. The summed E-state index contributed by atoms with van der Waals surface area (Å²) in [6, 6.07) is 7.06. The van der Waals surface area contributed by atoms with E-state index in [-0.39, 0.29) is 18.6 Å². The molecule has 1 fully saturated rings. The number of hydrogen-bond donors (Lipinski definition) is 3. The van der Waals surface area contributed by atoms with E-state index in [1.165, 1.54) is 7.11 Å². The molecule has 0 radical (unpaired) electrons. The average molecular weight is 525 g/mol. The zero-order valence-corrected chi connectivity index (χ0v) is 21.7. The predicted octanol–water partition coefficient (Wildman–Crippen LogP) is 3.48. The Kier molecular flexibility index (Phi) is 6.89. The number of aromatic nitrogens is 3. The van der Waals surface area contributed by atoms with Crippen molar-refractivity contribution in [2.24, 2.45) is 0 Å². The van der Waals surface area contributed by atoms with Crippen LogP contribution in [0.5, 0.6) is 5.75 Å². The number of aliphatic hydroxyl groups excluding tert-OH is 1. The Bertz CT molecular complexity index is 1340. The maximum atomic E-state index is 13.1. The minimum Gasteiger partial charge on any atom is -0.495 e. The molecular weight excluding hydrogens is 496 g/mol. The Balaban J connectivity index is 1.40. The summed E-state index contributed by atoms with van der Waals surface area (Å²) in [5.41, 5.74) is 2.90. The highest BCUT2D eigenvalue weighted by atomic mass is 35.5. The fourth-order valence-electron chi connectivity index (χ4n) is 4.68. The first-order chi connectivity index (χ1) is 17.8. The molecule has 4 heterocycles. The van der Waals surface area contributed by atoms with Gasteiger partial charge < -0.3 is 30.1 Å². The second-order valence-electron chi connectivity index (χ2n) is 9.51. The summed E-state index contributed by atoms with van der Waals surface area (Å²) in [5, 5.41) is 16.6. The standard InChI is InChI=1S/C26H29ClN6O4/c1-26(14-34)13-30-23-18(26)8-15(11-29-23)20-4-6-28-25(31-20)32-21-10-19(27)17(9-22(21)37-3)24(35)33-7-5-16(12-33)36-2/h4,6,8-11,16,34H,5,7,12-14H2,1-3H3,(H,29,30)(H,28,31,32). The lowest BCUT2D eigenvalue weighted by Gasteiger charge is -2.20. The summed E-state index contributed by atoms with van der Waals surface area (Å²) in [7, 11) is 3.18. The Hall–Kier alpha value is -3.47. The minimum atomic E-state index is -0.407. The molecule has 2 aliphatic rings. The molecule has 2 unspecified atom stereocenters. The fourth-order valence-corrected chi connectivity index (χ4v) is 4.92. The van der Waals surface area contributed by atoms with E-state index in [4.69, 9.17) is 21.1 Å². The first-order valence-corrected chi connectivity index (χ1v) is 12.4. The lowest BCUT2D eigenvalue weighted by Crippen LogP contribution is -2.30. The number of nitrogens with zero attached hydrogens (tertiary/aromatic N) is 4. The van der Waals surface area contributed by atoms with Crippen molar-refractivity contribution >= 4 is 35.0 Å². The molecule has 1 saturated heterocycles. The molecule has 0 bridgehead atoms. The van der Waals surface area contributed by atoms with Crippen LogP contribution in [-0.2, 0) is 10.2 Å². The van der Waals surface area contributed by atoms with Crippen molar-refractivity contribution in [3.05, 3.63) is 52.8 Å². The second kappa shape index (κ2) is 10.1. The van der Waals surface area contributed by atoms with Gasteiger partial charge in [-0.25, -0.2) is 15.0 Å². The molecule has 3 N–H and O–H groups in total. The van der Waals surface area contributed by atoms with E-state index in [1.54, 1.807) is 42.6 Å². The van der Waals surface area contributed by atoms with Crippen LogP contribution in [0, 0.1) is 0 Å². The molecule has 5 rings (SSSR count). The third-order valence-electron chi connectivity index (χ3n) is 7.02. The number of fused-ring (bicyclic) bond motifs is 1. The number of likely N-dealkylation sites (tertiary alicyclic amines) is 1. The number of carbonyl (C=O) groups is 1. The highest BCUT2D eigenvalue weighted by molar-refractivity contribution is 6.34. The molecule has 37 heavy (non-hydrogen) atoms. The van der Waals surface area contributed by atoms with Gasteiger partial charge in [-0.3, -0.25) is 4.79 Å². The van der Waals surface area contributed by atoms with Gasteiger partial charge >= 0.3 is 0 Å². The van der Waals surface area contributed by atoms with E-state index in [0.717, 1.165) is 23.4 Å². The van der Waals surface area contributed by atoms with E-state index < -0.39 is 5.41 Å². The number of amides is 1. The molecular formula is C26H29ClN6O4. The molecule has 2 aliphatic heterocycles. The van der Waals surface area contributed by atoms with Gasteiger partial charge in [-0.1, -0.05) is 18.5 Å². The Morgan fingerprint density at radius 3 is 2.89 bits per heavy atom. The van der Waals surface area contributed by atoms with Gasteiger partial charge in [-0.05, 0) is 30.7 Å². The van der Waals surface area contributed by atoms with Crippen molar-refractivity contribution in [1.82, 2.24) is 19.9 Å². The lowest BCUT2D eigenvalue weighted by molar-refractivity contribution is 0.0724. The van der Waals surface area contributed by atoms with Crippen molar-refractivity contribution in [2.75, 3.05) is 51.1 Å². The molecule has 11 heteroatoms. The van der Waals surface area contributed by atoms with Crippen LogP contribution in [0.2, 0.25) is 5.02 Å². The van der Waals surface area contributed by atoms with Crippen LogP contribution in [0.1, 0.15) is 29.3 Å². The number of rotatable bonds is 7. The van der Waals surface area contributed by atoms with E-state index >= 15 is 0 Å². The molecule has 10 nitrogen and oxygen atoms in total. The Morgan fingerprint density at radius 1 is 1.32 bits per heavy atom. The number of aliphatic hydroxyl groups is 1. The third kappa shape index (κ3) is 4.79. The van der Waals surface area contributed by atoms with Gasteiger partial charge in [0.2, 0.25) is 5.95 Å². The zero-order chi connectivity index (χ0) is 26.2. The molecule has 0 aliphatic carbocycles. The van der Waals surface area contributed by atoms with Gasteiger partial charge in [0.1, 0.15) is 11.6 Å². The molecule has 0 spiro atoms. The highest BCUT2D eigenvalue weighted by Gasteiger charge is 2.35. The molecule has 2 atom stereocenters. The molecule has 3 aromatic rings. The number of halogens is 1. The minimum absolute atomic E-state index is 0.0124. The molecule has 194 valence electrons. The number of benzene rings is 1. The summed E-state index contributed by atoms with van der Waals surface area (Å²) >= 11 is 6.54. The average Bonchev–Trinajstić information content (AvgIpc) is 3.54. The van der Waals surface area contributed by atoms with Crippen LogP contribution in [0.4, 0.5) is 17.5 Å². The van der Waals surface area contributed by atoms with Gasteiger partial charge in [-0.15, -0.1) is 0 Å². The normalized spacial score (nSPS) is 20.5. The summed E-state index contributed by atoms with van der Waals surface area (Å²) in [6.45, 7) is 3.77. The van der Waals surface area contributed by atoms with Crippen LogP contribution in [-0.4, -0.2) is 77.4 Å². The number of nitrogens with one attached hydrogen (secondary N) is 2. The summed E-state index contributed by atoms with van der Waals surface area (Å²) in [6.07, 6.45) is 4.21. The van der Waals surface area contributed by atoms with Crippen molar-refractivity contribution in [3.8, 4) is 17.0 Å². The highest BCUT2D eigenvalue weighted by Crippen LogP contribution is 2.37. The van der Waals surface area contributed by atoms with E-state index in [9.17, 15) is 9.90 Å². The van der Waals surface area contributed by atoms with Crippen LogP contribution < -0.4 is 15.4 Å². The number of ether oxygens (including phenoxy) is 2. The predicted molar refractivity (Wildman–Crippen MR) is 141 cm³/mol. The van der Waals surface area contributed by atoms with E-state index in [0.29, 0.717) is 53.3 Å². The van der Waals surface area contributed by atoms with E-state index in [1.807, 2.05) is 13.0 Å². The lowest BCUT2D eigenvalue weighted by atomic mass is 9.85. The quantitative estimate of drug-likeness (QED) is 0.426. The maximum absolute atomic E-state index is 13.1. The number of pyridine rings is 1. The van der Waals surface area contributed by atoms with Crippen LogP contribution in [0.3, 0.4) is 0 Å². The molecule has 0 saturated carbocycles. The number of methoxy groups -OCH3 is 2. The van der Waals surface area contributed by atoms with Gasteiger partial charge in [0.25, 0.3) is 5.91 Å². The fraction of sp³-hybridized carbons (Fsp3) is 0.385. The number of carbonyl (C=O) groups excluding carboxylic acids is 1. The Labute approximate surface area is 220 Å². The number of hydrogen-bond acceptors (Lipinski definition) is 9. The van der Waals surface area contributed by atoms with Crippen LogP contribution >= 0.6 is 11.6 Å². The summed E-state index contributed by atoms with van der Waals surface area (Å²) in [5.74, 6) is 1.37. The van der Waals surface area contributed by atoms with Crippen molar-refractivity contribution in [3.63, 3.8) is 0 Å². The topological polar surface area (TPSA) is 122 Å². The van der Waals surface area contributed by atoms with Crippen molar-refractivity contribution < 1.29 is 19.4 Å². The van der Waals surface area contributed by atoms with E-state index in [2.05, 4.69) is 25.6 Å². The third-order valence-corrected chi connectivity index (χ3v) is 7.33. The van der Waals surface area contributed by atoms with Crippen molar-refractivity contribution in [1.29, 1.82) is 0 Å². The molecule has 1 amide bonds. The molecule has 1 aromatic carbocycles. The van der Waals surface area contributed by atoms with Crippen molar-refractivity contribution in [2.45, 2.75) is 24.9 Å². The number of anilines is 3. The zero-order valence-electron chi connectivity index (χ0n) is 20.9. The monoisotopic (exact) mass is 524 g/mol. The van der Waals surface area contributed by atoms with Gasteiger partial charge in [0.15, 0.2) is 0 Å². The summed E-state index contributed by atoms with van der Waals surface area (Å²) in [4.78, 5) is 28.3. The molecule has 2 aromatic heterocycles. The van der Waals surface area contributed by atoms with Gasteiger partial charge in [0.05, 0.1) is 41.8 Å². The van der Waals surface area contributed by atoms with Crippen LogP contribution in [0.15, 0.2) is 36.7 Å². The second-order valence-corrected chi connectivity index (χ2v) is 9.92. The SMILES string of the molecule is COc1cc(C(=O)N2CCC(OC)C2)c(Cl)cc1Nc1nccc(-c2cnc3c(c2)C(C)(CO)CN3)n1. The van der Waals surface area contributed by atoms with Crippen LogP contribution in [0.25, 0.3) is 11.3 Å². The summed E-state index contributed by atoms with van der Waals surface area (Å²) < 4.78 is 10.9. The Morgan fingerprint density at radius 2 is 2.16 bits per heavy atom.